The van der Waals surface area contributed by atoms with Gasteiger partial charge in [-0.3, -0.25) is 4.79 Å². The second kappa shape index (κ2) is 6.90. The van der Waals surface area contributed by atoms with E-state index in [1.54, 1.807) is 0 Å². The average molecular weight is 281 g/mol. The normalized spacial score (nSPS) is 36.5. The van der Waals surface area contributed by atoms with E-state index in [-0.39, 0.29) is 5.91 Å². The Morgan fingerprint density at radius 2 is 2.10 bits per heavy atom. The van der Waals surface area contributed by atoms with Crippen molar-refractivity contribution in [2.45, 2.75) is 70.4 Å². The van der Waals surface area contributed by atoms with Crippen molar-refractivity contribution in [1.82, 2.24) is 10.2 Å². The summed E-state index contributed by atoms with van der Waals surface area (Å²) in [5, 5.41) is 3.39. The number of carbonyl (C=O) groups excluding carboxylic acids is 1. The molecule has 0 aromatic heterocycles. The molecule has 1 saturated carbocycles. The molecule has 1 amide bonds. The van der Waals surface area contributed by atoms with E-state index in [0.717, 1.165) is 31.7 Å². The Hall–Kier alpha value is -0.610. The minimum absolute atomic E-state index is 0.160. The third kappa shape index (κ3) is 3.53. The molecule has 116 valence electrons. The molecular formula is C16H31N3O. The van der Waals surface area contributed by atoms with Crippen LogP contribution in [0.2, 0.25) is 0 Å². The van der Waals surface area contributed by atoms with Crippen LogP contribution in [0.25, 0.3) is 0 Å². The van der Waals surface area contributed by atoms with Crippen molar-refractivity contribution in [2.75, 3.05) is 19.6 Å². The number of likely N-dealkylation sites (N-methyl/N-ethyl adjacent to an activating group) is 1. The number of likely N-dealkylation sites (tertiary alicyclic amines) is 1. The zero-order valence-corrected chi connectivity index (χ0v) is 13.2. The number of nitrogens with one attached hydrogen (secondary N) is 1. The van der Waals surface area contributed by atoms with Gasteiger partial charge in [-0.1, -0.05) is 13.8 Å². The van der Waals surface area contributed by atoms with Crippen LogP contribution in [-0.4, -0.2) is 42.0 Å². The highest BCUT2D eigenvalue weighted by Gasteiger charge is 2.42. The first kappa shape index (κ1) is 15.8. The van der Waals surface area contributed by atoms with Gasteiger partial charge in [0.2, 0.25) is 5.91 Å². The molecule has 2 fully saturated rings. The molecular weight excluding hydrogens is 250 g/mol. The highest BCUT2D eigenvalue weighted by Crippen LogP contribution is 2.32. The lowest BCUT2D eigenvalue weighted by molar-refractivity contribution is -0.126. The number of nitrogens with two attached hydrogens (primary N) is 1. The number of hydrogen-bond acceptors (Lipinski definition) is 3. The monoisotopic (exact) mass is 281 g/mol. The van der Waals surface area contributed by atoms with Crippen molar-refractivity contribution in [3.63, 3.8) is 0 Å². The van der Waals surface area contributed by atoms with Crippen LogP contribution in [0.5, 0.6) is 0 Å². The molecule has 0 bridgehead atoms. The van der Waals surface area contributed by atoms with Gasteiger partial charge in [-0.15, -0.1) is 0 Å². The van der Waals surface area contributed by atoms with Crippen LogP contribution in [-0.2, 0) is 4.79 Å². The van der Waals surface area contributed by atoms with E-state index in [9.17, 15) is 4.79 Å². The molecule has 2 aliphatic rings. The van der Waals surface area contributed by atoms with Gasteiger partial charge in [0.1, 0.15) is 0 Å². The predicted molar refractivity (Wildman–Crippen MR) is 82.4 cm³/mol. The van der Waals surface area contributed by atoms with Crippen molar-refractivity contribution in [2.24, 2.45) is 11.7 Å². The predicted octanol–water partition coefficient (Wildman–Crippen LogP) is 1.88. The molecule has 20 heavy (non-hydrogen) atoms. The molecule has 1 aliphatic carbocycles. The van der Waals surface area contributed by atoms with E-state index in [4.69, 9.17) is 5.73 Å². The van der Waals surface area contributed by atoms with Crippen LogP contribution in [0, 0.1) is 5.92 Å². The first-order chi connectivity index (χ1) is 9.57. The molecule has 1 aliphatic heterocycles. The summed E-state index contributed by atoms with van der Waals surface area (Å²) in [6.07, 6.45) is 8.05. The number of carbonyl (C=O) groups is 1. The fraction of sp³-hybridized carbons (Fsp3) is 0.938. The molecule has 0 aromatic rings. The summed E-state index contributed by atoms with van der Waals surface area (Å²) < 4.78 is 0. The van der Waals surface area contributed by atoms with Crippen molar-refractivity contribution in [1.29, 1.82) is 0 Å². The second-order valence-electron chi connectivity index (χ2n) is 6.80. The van der Waals surface area contributed by atoms with Crippen LogP contribution in [0.1, 0.15) is 58.8 Å². The first-order valence-corrected chi connectivity index (χ1v) is 8.36. The van der Waals surface area contributed by atoms with E-state index in [1.165, 1.54) is 38.8 Å². The lowest BCUT2D eigenvalue weighted by Gasteiger charge is -2.43. The summed E-state index contributed by atoms with van der Waals surface area (Å²) >= 11 is 0. The van der Waals surface area contributed by atoms with E-state index in [0.29, 0.717) is 6.04 Å². The van der Waals surface area contributed by atoms with Crippen LogP contribution in [0.4, 0.5) is 0 Å². The van der Waals surface area contributed by atoms with Crippen molar-refractivity contribution in [3.05, 3.63) is 0 Å². The summed E-state index contributed by atoms with van der Waals surface area (Å²) in [4.78, 5) is 14.6. The topological polar surface area (TPSA) is 58.4 Å². The summed E-state index contributed by atoms with van der Waals surface area (Å²) in [5.41, 5.74) is 5.25. The number of rotatable bonds is 4. The van der Waals surface area contributed by atoms with Crippen LogP contribution in [0.15, 0.2) is 0 Å². The van der Waals surface area contributed by atoms with Gasteiger partial charge >= 0.3 is 0 Å². The lowest BCUT2D eigenvalue weighted by atomic mass is 9.77. The minimum atomic E-state index is -0.463. The smallest absolute Gasteiger partial charge is 0.237 e. The van der Waals surface area contributed by atoms with Gasteiger partial charge in [-0.25, -0.2) is 0 Å². The Bertz CT molecular complexity index is 330. The quantitative estimate of drug-likeness (QED) is 0.827. The molecule has 2 rings (SSSR count). The standard InChI is InChI=1S/C16H31N3O/c1-3-18-16(15(17)20)9-4-7-14(12-16)19-10-5-6-13(2)8-11-19/h13-14,18H,3-12H2,1-2H3,(H2,17,20). The Labute approximate surface area is 123 Å². The van der Waals surface area contributed by atoms with Gasteiger partial charge in [0.15, 0.2) is 0 Å². The Morgan fingerprint density at radius 1 is 1.30 bits per heavy atom. The van der Waals surface area contributed by atoms with Crippen molar-refractivity contribution in [3.8, 4) is 0 Å². The molecule has 3 N–H and O–H groups in total. The molecule has 0 spiro atoms. The third-order valence-corrected chi connectivity index (χ3v) is 5.28. The fourth-order valence-corrected chi connectivity index (χ4v) is 4.02. The SMILES string of the molecule is CCNC1(C(N)=O)CCCC(N2CCCC(C)CC2)C1. The van der Waals surface area contributed by atoms with Gasteiger partial charge in [-0.2, -0.15) is 0 Å². The maximum absolute atomic E-state index is 12.0. The summed E-state index contributed by atoms with van der Waals surface area (Å²) in [7, 11) is 0. The Morgan fingerprint density at radius 3 is 2.80 bits per heavy atom. The van der Waals surface area contributed by atoms with Gasteiger partial charge in [-0.05, 0) is 70.5 Å². The summed E-state index contributed by atoms with van der Waals surface area (Å²) in [5.74, 6) is 0.686. The summed E-state index contributed by atoms with van der Waals surface area (Å²) in [6, 6.07) is 0.528. The molecule has 3 atom stereocenters. The van der Waals surface area contributed by atoms with Crippen LogP contribution >= 0.6 is 0 Å². The Balaban J connectivity index is 2.03. The highest BCUT2D eigenvalue weighted by atomic mass is 16.1. The van der Waals surface area contributed by atoms with Gasteiger partial charge in [0.05, 0.1) is 5.54 Å². The molecule has 0 aromatic carbocycles. The third-order valence-electron chi connectivity index (χ3n) is 5.28. The zero-order chi connectivity index (χ0) is 14.6. The Kier molecular flexibility index (Phi) is 5.44. The molecule has 4 heteroatoms. The average Bonchev–Trinajstić information content (AvgIpc) is 2.64. The maximum Gasteiger partial charge on any atom is 0.237 e. The maximum atomic E-state index is 12.0. The van der Waals surface area contributed by atoms with Crippen LogP contribution in [0.3, 0.4) is 0 Å². The highest BCUT2D eigenvalue weighted by molar-refractivity contribution is 5.84. The lowest BCUT2D eigenvalue weighted by Crippen LogP contribution is -2.60. The number of hydrogen-bond donors (Lipinski definition) is 2. The van der Waals surface area contributed by atoms with Crippen molar-refractivity contribution >= 4 is 5.91 Å². The zero-order valence-electron chi connectivity index (χ0n) is 13.2. The van der Waals surface area contributed by atoms with Gasteiger partial charge < -0.3 is 16.0 Å². The number of primary amides is 1. The molecule has 1 saturated heterocycles. The molecule has 3 unspecified atom stereocenters. The van der Waals surface area contributed by atoms with E-state index >= 15 is 0 Å². The van der Waals surface area contributed by atoms with Crippen molar-refractivity contribution < 1.29 is 4.79 Å². The first-order valence-electron chi connectivity index (χ1n) is 8.36. The minimum Gasteiger partial charge on any atom is -0.368 e. The van der Waals surface area contributed by atoms with E-state index in [1.807, 2.05) is 0 Å². The molecule has 0 radical (unpaired) electrons. The number of amides is 1. The second-order valence-corrected chi connectivity index (χ2v) is 6.80. The largest absolute Gasteiger partial charge is 0.368 e. The molecule has 4 nitrogen and oxygen atoms in total. The number of nitrogens with zero attached hydrogens (tertiary/aromatic N) is 1. The van der Waals surface area contributed by atoms with E-state index in [2.05, 4.69) is 24.1 Å². The van der Waals surface area contributed by atoms with Gasteiger partial charge in [0.25, 0.3) is 0 Å². The van der Waals surface area contributed by atoms with Gasteiger partial charge in [0, 0.05) is 6.04 Å². The summed E-state index contributed by atoms with van der Waals surface area (Å²) in [6.45, 7) is 7.61. The van der Waals surface area contributed by atoms with E-state index < -0.39 is 5.54 Å². The molecule has 1 heterocycles. The van der Waals surface area contributed by atoms with Crippen LogP contribution < -0.4 is 11.1 Å². The fourth-order valence-electron chi connectivity index (χ4n) is 4.02.